The third kappa shape index (κ3) is 3.08. The van der Waals surface area contributed by atoms with Crippen molar-refractivity contribution in [1.29, 1.82) is 0 Å². The molecule has 112 valence electrons. The van der Waals surface area contributed by atoms with Gasteiger partial charge in [-0.3, -0.25) is 4.79 Å². The zero-order chi connectivity index (χ0) is 14.8. The fourth-order valence-electron chi connectivity index (χ4n) is 3.16. The van der Waals surface area contributed by atoms with Gasteiger partial charge in [-0.25, -0.2) is 0 Å². The molecule has 4 heteroatoms. The molecule has 1 saturated heterocycles. The van der Waals surface area contributed by atoms with E-state index in [0.29, 0.717) is 18.2 Å². The van der Waals surface area contributed by atoms with Crippen molar-refractivity contribution < 1.29 is 4.79 Å². The van der Waals surface area contributed by atoms with Gasteiger partial charge < -0.3 is 9.88 Å². The van der Waals surface area contributed by atoms with Crippen LogP contribution in [0.3, 0.4) is 0 Å². The van der Waals surface area contributed by atoms with E-state index in [1.165, 1.54) is 11.1 Å². The number of carbonyl (C=O) groups is 1. The van der Waals surface area contributed by atoms with Crippen LogP contribution in [0.4, 0.5) is 0 Å². The van der Waals surface area contributed by atoms with E-state index >= 15 is 0 Å². The lowest BCUT2D eigenvalue weighted by atomic mass is 9.93. The number of aromatic nitrogens is 1. The summed E-state index contributed by atoms with van der Waals surface area (Å²) in [5.41, 5.74) is 2.41. The van der Waals surface area contributed by atoms with E-state index in [9.17, 15) is 4.79 Å². The van der Waals surface area contributed by atoms with Crippen LogP contribution in [0.15, 0.2) is 24.3 Å². The molecule has 0 bridgehead atoms. The Kier molecular flexibility index (Phi) is 4.20. The first-order valence-electron chi connectivity index (χ1n) is 7.73. The molecule has 1 aliphatic rings. The number of aromatic amines is 1. The molecule has 3 rings (SSSR count). The van der Waals surface area contributed by atoms with Gasteiger partial charge in [0.1, 0.15) is 0 Å². The molecule has 1 amide bonds. The molecule has 1 fully saturated rings. The van der Waals surface area contributed by atoms with Crippen molar-refractivity contribution in [3.8, 4) is 0 Å². The number of benzene rings is 1. The molecule has 21 heavy (non-hydrogen) atoms. The standard InChI is InChI=1S/C17H21ClN2O/c1-2-3-17(21)20-8-6-12(7-9-20)16-11-13-10-14(18)4-5-15(13)19-16/h4-5,10-12,19H,2-3,6-9H2,1H3. The van der Waals surface area contributed by atoms with E-state index in [-0.39, 0.29) is 0 Å². The number of halogens is 1. The Morgan fingerprint density at radius 3 is 2.81 bits per heavy atom. The van der Waals surface area contributed by atoms with Crippen molar-refractivity contribution in [3.05, 3.63) is 35.0 Å². The highest BCUT2D eigenvalue weighted by atomic mass is 35.5. The van der Waals surface area contributed by atoms with Gasteiger partial charge >= 0.3 is 0 Å². The van der Waals surface area contributed by atoms with Crippen LogP contribution in [0.25, 0.3) is 10.9 Å². The van der Waals surface area contributed by atoms with Crippen molar-refractivity contribution in [3.63, 3.8) is 0 Å². The molecule has 1 N–H and O–H groups in total. The van der Waals surface area contributed by atoms with Crippen LogP contribution in [0, 0.1) is 0 Å². The number of nitrogens with zero attached hydrogens (tertiary/aromatic N) is 1. The predicted octanol–water partition coefficient (Wildman–Crippen LogP) is 4.33. The van der Waals surface area contributed by atoms with E-state index in [0.717, 1.165) is 42.9 Å². The normalized spacial score (nSPS) is 16.6. The second kappa shape index (κ2) is 6.10. The monoisotopic (exact) mass is 304 g/mol. The molecule has 0 saturated carbocycles. The van der Waals surface area contributed by atoms with E-state index in [2.05, 4.69) is 18.0 Å². The summed E-state index contributed by atoms with van der Waals surface area (Å²) in [5.74, 6) is 0.821. The summed E-state index contributed by atoms with van der Waals surface area (Å²) < 4.78 is 0. The number of nitrogens with one attached hydrogen (secondary N) is 1. The number of H-pyrrole nitrogens is 1. The zero-order valence-electron chi connectivity index (χ0n) is 12.4. The highest BCUT2D eigenvalue weighted by molar-refractivity contribution is 6.31. The third-order valence-electron chi connectivity index (χ3n) is 4.35. The minimum atomic E-state index is 0.305. The summed E-state index contributed by atoms with van der Waals surface area (Å²) >= 11 is 6.04. The fourth-order valence-corrected chi connectivity index (χ4v) is 3.34. The third-order valence-corrected chi connectivity index (χ3v) is 4.59. The van der Waals surface area contributed by atoms with Crippen LogP contribution < -0.4 is 0 Å². The number of carbonyl (C=O) groups excluding carboxylic acids is 1. The fraction of sp³-hybridized carbons (Fsp3) is 0.471. The topological polar surface area (TPSA) is 36.1 Å². The maximum Gasteiger partial charge on any atom is 0.222 e. The average Bonchev–Trinajstić information content (AvgIpc) is 2.90. The SMILES string of the molecule is CCCC(=O)N1CCC(c2cc3cc(Cl)ccc3[nH]2)CC1. The Balaban J connectivity index is 1.69. The Hall–Kier alpha value is -1.48. The zero-order valence-corrected chi connectivity index (χ0v) is 13.1. The second-order valence-corrected chi connectivity index (χ2v) is 6.30. The van der Waals surface area contributed by atoms with Crippen LogP contribution >= 0.6 is 11.6 Å². The Morgan fingerprint density at radius 1 is 1.33 bits per heavy atom. The largest absolute Gasteiger partial charge is 0.358 e. The smallest absolute Gasteiger partial charge is 0.222 e. The molecule has 1 aromatic heterocycles. The maximum absolute atomic E-state index is 11.9. The number of piperidine rings is 1. The van der Waals surface area contributed by atoms with Crippen LogP contribution in [-0.4, -0.2) is 28.9 Å². The molecule has 0 spiro atoms. The molecular weight excluding hydrogens is 284 g/mol. The van der Waals surface area contributed by atoms with Crippen LogP contribution in [0.5, 0.6) is 0 Å². The molecule has 1 aromatic carbocycles. The molecule has 0 atom stereocenters. The van der Waals surface area contributed by atoms with Gasteiger partial charge in [0.2, 0.25) is 5.91 Å². The lowest BCUT2D eigenvalue weighted by Gasteiger charge is -2.31. The summed E-state index contributed by atoms with van der Waals surface area (Å²) in [6.45, 7) is 3.81. The summed E-state index contributed by atoms with van der Waals surface area (Å²) in [5, 5.41) is 1.94. The van der Waals surface area contributed by atoms with Crippen molar-refractivity contribution in [1.82, 2.24) is 9.88 Å². The highest BCUT2D eigenvalue weighted by Crippen LogP contribution is 2.31. The number of hydrogen-bond acceptors (Lipinski definition) is 1. The van der Waals surface area contributed by atoms with Crippen LogP contribution in [0.1, 0.15) is 44.2 Å². The van der Waals surface area contributed by atoms with E-state index < -0.39 is 0 Å². The lowest BCUT2D eigenvalue weighted by Crippen LogP contribution is -2.37. The highest BCUT2D eigenvalue weighted by Gasteiger charge is 2.24. The quantitative estimate of drug-likeness (QED) is 0.900. The summed E-state index contributed by atoms with van der Waals surface area (Å²) in [6.07, 6.45) is 3.68. The molecule has 1 aliphatic heterocycles. The minimum absolute atomic E-state index is 0.305. The first-order valence-corrected chi connectivity index (χ1v) is 8.11. The summed E-state index contributed by atoms with van der Waals surface area (Å²) in [4.78, 5) is 17.4. The van der Waals surface area contributed by atoms with Crippen molar-refractivity contribution >= 4 is 28.4 Å². The van der Waals surface area contributed by atoms with Crippen LogP contribution in [0.2, 0.25) is 5.02 Å². The van der Waals surface area contributed by atoms with Crippen molar-refractivity contribution in [2.75, 3.05) is 13.1 Å². The molecule has 3 nitrogen and oxygen atoms in total. The van der Waals surface area contributed by atoms with E-state index in [4.69, 9.17) is 11.6 Å². The van der Waals surface area contributed by atoms with Gasteiger partial charge in [-0.1, -0.05) is 18.5 Å². The van der Waals surface area contributed by atoms with Gasteiger partial charge in [0.25, 0.3) is 0 Å². The van der Waals surface area contributed by atoms with Crippen LogP contribution in [-0.2, 0) is 4.79 Å². The molecule has 0 unspecified atom stereocenters. The Morgan fingerprint density at radius 2 is 2.10 bits per heavy atom. The first-order chi connectivity index (χ1) is 10.2. The summed E-state index contributed by atoms with van der Waals surface area (Å²) in [6, 6.07) is 8.14. The Labute approximate surface area is 130 Å². The average molecular weight is 305 g/mol. The molecule has 0 aliphatic carbocycles. The van der Waals surface area contributed by atoms with Gasteiger partial charge in [-0.05, 0) is 43.5 Å². The maximum atomic E-state index is 11.9. The number of fused-ring (bicyclic) bond motifs is 1. The molecular formula is C17H21ClN2O. The molecule has 2 heterocycles. The number of amides is 1. The summed E-state index contributed by atoms with van der Waals surface area (Å²) in [7, 11) is 0. The van der Waals surface area contributed by atoms with Gasteiger partial charge in [0.05, 0.1) is 0 Å². The number of hydrogen-bond donors (Lipinski definition) is 1. The van der Waals surface area contributed by atoms with Crippen molar-refractivity contribution in [2.45, 2.75) is 38.5 Å². The second-order valence-electron chi connectivity index (χ2n) is 5.86. The van der Waals surface area contributed by atoms with Gasteiger partial charge in [0, 0.05) is 47.0 Å². The molecule has 2 aromatic rings. The predicted molar refractivity (Wildman–Crippen MR) is 86.8 cm³/mol. The minimum Gasteiger partial charge on any atom is -0.358 e. The lowest BCUT2D eigenvalue weighted by molar-refractivity contribution is -0.132. The number of rotatable bonds is 3. The van der Waals surface area contributed by atoms with E-state index in [1.807, 2.05) is 23.1 Å². The Bertz CT molecular complexity index is 641. The van der Waals surface area contributed by atoms with Crippen molar-refractivity contribution in [2.24, 2.45) is 0 Å². The first kappa shape index (κ1) is 14.5. The number of likely N-dealkylation sites (tertiary alicyclic amines) is 1. The van der Waals surface area contributed by atoms with Gasteiger partial charge in [-0.15, -0.1) is 0 Å². The van der Waals surface area contributed by atoms with E-state index in [1.54, 1.807) is 0 Å². The van der Waals surface area contributed by atoms with Gasteiger partial charge in [0.15, 0.2) is 0 Å². The van der Waals surface area contributed by atoms with Gasteiger partial charge in [-0.2, -0.15) is 0 Å². The molecule has 0 radical (unpaired) electrons.